The zero-order chi connectivity index (χ0) is 19.5. The minimum Gasteiger partial charge on any atom is -0.368 e. The fraction of sp³-hybridized carbons (Fsp3) is 0.318. The molecule has 1 aromatic carbocycles. The van der Waals surface area contributed by atoms with Gasteiger partial charge in [0.15, 0.2) is 0 Å². The summed E-state index contributed by atoms with van der Waals surface area (Å²) in [6, 6.07) is 14.1. The van der Waals surface area contributed by atoms with E-state index < -0.39 is 0 Å². The normalized spacial score (nSPS) is 17.0. The van der Waals surface area contributed by atoms with Crippen molar-refractivity contribution in [1.29, 1.82) is 0 Å². The zero-order valence-corrected chi connectivity index (χ0v) is 16.9. The lowest BCUT2D eigenvalue weighted by atomic mass is 10.1. The van der Waals surface area contributed by atoms with Gasteiger partial charge < -0.3 is 9.64 Å². The van der Waals surface area contributed by atoms with Crippen molar-refractivity contribution in [2.45, 2.75) is 26.4 Å². The van der Waals surface area contributed by atoms with Crippen LogP contribution in [-0.4, -0.2) is 34.6 Å². The molecule has 3 aromatic rings. The SMILES string of the molecule is Cc1cc(N2CCO[C@@H](c3ccc(Cc4ccccc4Cl)cn3)C2)nc(C)n1. The van der Waals surface area contributed by atoms with Crippen LogP contribution >= 0.6 is 11.6 Å². The van der Waals surface area contributed by atoms with Crippen LogP contribution < -0.4 is 4.90 Å². The third-order valence-electron chi connectivity index (χ3n) is 4.87. The molecule has 2 aromatic heterocycles. The van der Waals surface area contributed by atoms with Gasteiger partial charge in [-0.25, -0.2) is 9.97 Å². The van der Waals surface area contributed by atoms with Crippen molar-refractivity contribution in [3.8, 4) is 0 Å². The Morgan fingerprint density at radius 2 is 2.00 bits per heavy atom. The molecule has 28 heavy (non-hydrogen) atoms. The lowest BCUT2D eigenvalue weighted by molar-refractivity contribution is 0.0367. The first-order chi connectivity index (χ1) is 13.6. The van der Waals surface area contributed by atoms with Gasteiger partial charge in [-0.3, -0.25) is 4.98 Å². The summed E-state index contributed by atoms with van der Waals surface area (Å²) in [6.07, 6.45) is 2.61. The van der Waals surface area contributed by atoms with E-state index in [0.717, 1.165) is 58.7 Å². The summed E-state index contributed by atoms with van der Waals surface area (Å²) in [7, 11) is 0. The van der Waals surface area contributed by atoms with E-state index in [1.807, 2.05) is 50.4 Å². The standard InChI is InChI=1S/C22H23ClN4O/c1-15-11-22(26-16(2)25-15)27-9-10-28-21(14-27)20-8-7-17(13-24-20)12-18-5-3-4-6-19(18)23/h3-8,11,13,21H,9-10,12,14H2,1-2H3/t21-/m1/s1. The molecule has 0 aliphatic carbocycles. The fourth-order valence-corrected chi connectivity index (χ4v) is 3.69. The molecule has 0 unspecified atom stereocenters. The van der Waals surface area contributed by atoms with Gasteiger partial charge in [-0.05, 0) is 37.1 Å². The van der Waals surface area contributed by atoms with E-state index >= 15 is 0 Å². The summed E-state index contributed by atoms with van der Waals surface area (Å²) in [6.45, 7) is 6.11. The monoisotopic (exact) mass is 394 g/mol. The Morgan fingerprint density at radius 3 is 2.75 bits per heavy atom. The number of aryl methyl sites for hydroxylation is 2. The maximum atomic E-state index is 6.27. The van der Waals surface area contributed by atoms with E-state index in [4.69, 9.17) is 16.3 Å². The number of hydrogen-bond donors (Lipinski definition) is 0. The van der Waals surface area contributed by atoms with Crippen molar-refractivity contribution >= 4 is 17.4 Å². The lowest BCUT2D eigenvalue weighted by Crippen LogP contribution is -2.39. The average molecular weight is 395 g/mol. The molecule has 0 amide bonds. The molecular weight excluding hydrogens is 372 g/mol. The fourth-order valence-electron chi connectivity index (χ4n) is 3.49. The highest BCUT2D eigenvalue weighted by molar-refractivity contribution is 6.31. The maximum absolute atomic E-state index is 6.27. The Morgan fingerprint density at radius 1 is 1.14 bits per heavy atom. The molecule has 1 atom stereocenters. The summed E-state index contributed by atoms with van der Waals surface area (Å²) < 4.78 is 5.98. The van der Waals surface area contributed by atoms with Crippen LogP contribution in [0, 0.1) is 13.8 Å². The van der Waals surface area contributed by atoms with Crippen molar-refractivity contribution in [2.24, 2.45) is 0 Å². The second-order valence-electron chi connectivity index (χ2n) is 7.08. The second kappa shape index (κ2) is 8.25. The number of halogens is 1. The van der Waals surface area contributed by atoms with E-state index in [2.05, 4.69) is 32.0 Å². The van der Waals surface area contributed by atoms with Gasteiger partial charge in [0.05, 0.1) is 18.8 Å². The first-order valence-corrected chi connectivity index (χ1v) is 9.83. The van der Waals surface area contributed by atoms with Crippen molar-refractivity contribution in [3.63, 3.8) is 0 Å². The van der Waals surface area contributed by atoms with Crippen LogP contribution in [0.5, 0.6) is 0 Å². The van der Waals surface area contributed by atoms with E-state index in [1.54, 1.807) is 0 Å². The molecule has 4 rings (SSSR count). The Balaban J connectivity index is 1.47. The van der Waals surface area contributed by atoms with E-state index in [-0.39, 0.29) is 6.10 Å². The minimum absolute atomic E-state index is 0.0707. The number of benzene rings is 1. The molecule has 0 radical (unpaired) electrons. The van der Waals surface area contributed by atoms with Crippen molar-refractivity contribution in [1.82, 2.24) is 15.0 Å². The summed E-state index contributed by atoms with van der Waals surface area (Å²) in [5.74, 6) is 1.74. The highest BCUT2D eigenvalue weighted by Crippen LogP contribution is 2.25. The van der Waals surface area contributed by atoms with Crippen LogP contribution in [0.15, 0.2) is 48.7 Å². The van der Waals surface area contributed by atoms with Crippen molar-refractivity contribution < 1.29 is 4.74 Å². The predicted molar refractivity (Wildman–Crippen MR) is 111 cm³/mol. The number of nitrogens with zero attached hydrogens (tertiary/aromatic N) is 4. The second-order valence-corrected chi connectivity index (χ2v) is 7.49. The van der Waals surface area contributed by atoms with Gasteiger partial charge in [0.25, 0.3) is 0 Å². The molecule has 1 aliphatic heterocycles. The summed E-state index contributed by atoms with van der Waals surface area (Å²) in [5.41, 5.74) is 4.16. The molecule has 1 saturated heterocycles. The molecule has 5 nitrogen and oxygen atoms in total. The molecule has 0 saturated carbocycles. The van der Waals surface area contributed by atoms with Crippen LogP contribution in [0.3, 0.4) is 0 Å². The Labute approximate surface area is 170 Å². The van der Waals surface area contributed by atoms with E-state index in [1.165, 1.54) is 0 Å². The van der Waals surface area contributed by atoms with Gasteiger partial charge in [-0.15, -0.1) is 0 Å². The molecule has 144 valence electrons. The largest absolute Gasteiger partial charge is 0.368 e. The quantitative estimate of drug-likeness (QED) is 0.660. The zero-order valence-electron chi connectivity index (χ0n) is 16.1. The Hall–Kier alpha value is -2.50. The number of pyridine rings is 1. The van der Waals surface area contributed by atoms with Crippen molar-refractivity contribution in [3.05, 3.63) is 82.0 Å². The smallest absolute Gasteiger partial charge is 0.132 e. The topological polar surface area (TPSA) is 51.1 Å². The predicted octanol–water partition coefficient (Wildman–Crippen LogP) is 4.31. The number of rotatable bonds is 4. The summed E-state index contributed by atoms with van der Waals surface area (Å²) >= 11 is 6.27. The van der Waals surface area contributed by atoms with Crippen LogP contribution in [0.25, 0.3) is 0 Å². The third kappa shape index (κ3) is 4.32. The van der Waals surface area contributed by atoms with Gasteiger partial charge in [-0.1, -0.05) is 35.9 Å². The molecule has 0 bridgehead atoms. The van der Waals surface area contributed by atoms with E-state index in [0.29, 0.717) is 6.61 Å². The first-order valence-electron chi connectivity index (χ1n) is 9.45. The van der Waals surface area contributed by atoms with Gasteiger partial charge >= 0.3 is 0 Å². The molecule has 3 heterocycles. The number of ether oxygens (including phenoxy) is 1. The molecule has 1 aliphatic rings. The van der Waals surface area contributed by atoms with Crippen LogP contribution in [0.2, 0.25) is 5.02 Å². The van der Waals surface area contributed by atoms with Crippen molar-refractivity contribution in [2.75, 3.05) is 24.6 Å². The number of hydrogen-bond acceptors (Lipinski definition) is 5. The number of aromatic nitrogens is 3. The third-order valence-corrected chi connectivity index (χ3v) is 5.24. The first kappa shape index (κ1) is 18.8. The maximum Gasteiger partial charge on any atom is 0.132 e. The van der Waals surface area contributed by atoms with Gasteiger partial charge in [0, 0.05) is 35.9 Å². The lowest BCUT2D eigenvalue weighted by Gasteiger charge is -2.33. The minimum atomic E-state index is -0.0707. The highest BCUT2D eigenvalue weighted by atomic mass is 35.5. The Bertz CT molecular complexity index is 941. The molecule has 0 N–H and O–H groups in total. The van der Waals surface area contributed by atoms with Gasteiger partial charge in [0.1, 0.15) is 17.7 Å². The van der Waals surface area contributed by atoms with Crippen LogP contribution in [-0.2, 0) is 11.2 Å². The van der Waals surface area contributed by atoms with Crippen LogP contribution in [0.1, 0.15) is 34.4 Å². The van der Waals surface area contributed by atoms with Crippen LogP contribution in [0.4, 0.5) is 5.82 Å². The average Bonchev–Trinajstić information content (AvgIpc) is 2.70. The molecule has 6 heteroatoms. The Kier molecular flexibility index (Phi) is 5.55. The number of anilines is 1. The van der Waals surface area contributed by atoms with Gasteiger partial charge in [-0.2, -0.15) is 0 Å². The number of morpholine rings is 1. The summed E-state index contributed by atoms with van der Waals surface area (Å²) in [4.78, 5) is 15.9. The van der Waals surface area contributed by atoms with Gasteiger partial charge in [0.2, 0.25) is 0 Å². The van der Waals surface area contributed by atoms with E-state index in [9.17, 15) is 0 Å². The highest BCUT2D eigenvalue weighted by Gasteiger charge is 2.24. The molecular formula is C22H23ClN4O. The molecule has 1 fully saturated rings. The summed E-state index contributed by atoms with van der Waals surface area (Å²) in [5, 5.41) is 0.785. The molecule has 0 spiro atoms.